The molecule has 0 aromatic heterocycles. The van der Waals surface area contributed by atoms with Gasteiger partial charge in [0.1, 0.15) is 5.75 Å². The van der Waals surface area contributed by atoms with E-state index in [1.165, 1.54) is 5.56 Å². The summed E-state index contributed by atoms with van der Waals surface area (Å²) in [4.78, 5) is 0. The zero-order valence-electron chi connectivity index (χ0n) is 11.6. The summed E-state index contributed by atoms with van der Waals surface area (Å²) in [6.45, 7) is 6.37. The van der Waals surface area contributed by atoms with Gasteiger partial charge in [-0.15, -0.1) is 11.6 Å². The first kappa shape index (κ1) is 15.3. The van der Waals surface area contributed by atoms with E-state index in [4.69, 9.17) is 16.3 Å². The Bertz CT molecular complexity index is 352. The molecule has 2 nitrogen and oxygen atoms in total. The Hall–Kier alpha value is -0.730. The van der Waals surface area contributed by atoms with Crippen molar-refractivity contribution in [2.45, 2.75) is 33.2 Å². The van der Waals surface area contributed by atoms with Gasteiger partial charge in [0.05, 0.1) is 7.11 Å². The number of hydrogen-bond acceptors (Lipinski definition) is 2. The van der Waals surface area contributed by atoms with Crippen LogP contribution in [-0.2, 0) is 6.54 Å². The quantitative estimate of drug-likeness (QED) is 0.724. The third kappa shape index (κ3) is 5.28. The number of benzene rings is 1. The summed E-state index contributed by atoms with van der Waals surface area (Å²) in [5.41, 5.74) is 1.49. The number of halogens is 1. The molecule has 0 saturated heterocycles. The molecule has 0 aliphatic carbocycles. The van der Waals surface area contributed by atoms with E-state index < -0.39 is 0 Å². The zero-order chi connectivity index (χ0) is 13.4. The Labute approximate surface area is 116 Å². The van der Waals surface area contributed by atoms with Crippen molar-refractivity contribution in [3.05, 3.63) is 29.8 Å². The molecule has 102 valence electrons. The highest BCUT2D eigenvalue weighted by Gasteiger charge is 2.16. The van der Waals surface area contributed by atoms with Gasteiger partial charge in [0.25, 0.3) is 0 Å². The standard InChI is InChI=1S/C15H24ClNO/c1-15(2,9-6-10-16)12-17-11-13-7-4-5-8-14(13)18-3/h4-5,7-8,17H,6,9-12H2,1-3H3. The summed E-state index contributed by atoms with van der Waals surface area (Å²) in [6.07, 6.45) is 2.22. The largest absolute Gasteiger partial charge is 0.496 e. The van der Waals surface area contributed by atoms with Crippen LogP contribution in [0.5, 0.6) is 5.75 Å². The van der Waals surface area contributed by atoms with Gasteiger partial charge in [-0.2, -0.15) is 0 Å². The molecule has 1 aromatic carbocycles. The number of hydrogen-bond donors (Lipinski definition) is 1. The molecule has 18 heavy (non-hydrogen) atoms. The molecule has 0 bridgehead atoms. The maximum atomic E-state index is 5.74. The van der Waals surface area contributed by atoms with Gasteiger partial charge in [-0.05, 0) is 24.3 Å². The van der Waals surface area contributed by atoms with Gasteiger partial charge in [-0.25, -0.2) is 0 Å². The molecule has 0 saturated carbocycles. The highest BCUT2D eigenvalue weighted by atomic mass is 35.5. The SMILES string of the molecule is COc1ccccc1CNCC(C)(C)CCCCl. The highest BCUT2D eigenvalue weighted by Crippen LogP contribution is 2.22. The number of rotatable bonds is 8. The lowest BCUT2D eigenvalue weighted by Crippen LogP contribution is -2.29. The minimum absolute atomic E-state index is 0.289. The maximum absolute atomic E-state index is 5.74. The van der Waals surface area contributed by atoms with Gasteiger partial charge >= 0.3 is 0 Å². The van der Waals surface area contributed by atoms with E-state index >= 15 is 0 Å². The van der Waals surface area contributed by atoms with Crippen LogP contribution in [0.2, 0.25) is 0 Å². The van der Waals surface area contributed by atoms with E-state index in [2.05, 4.69) is 25.2 Å². The third-order valence-corrected chi connectivity index (χ3v) is 3.37. The Morgan fingerprint density at radius 2 is 2.00 bits per heavy atom. The van der Waals surface area contributed by atoms with Gasteiger partial charge in [0, 0.05) is 24.5 Å². The van der Waals surface area contributed by atoms with E-state index in [1.54, 1.807) is 7.11 Å². The van der Waals surface area contributed by atoms with Gasteiger partial charge in [-0.1, -0.05) is 32.0 Å². The normalized spacial score (nSPS) is 11.6. The second kappa shape index (κ2) is 7.65. The fraction of sp³-hybridized carbons (Fsp3) is 0.600. The average Bonchev–Trinajstić information content (AvgIpc) is 2.37. The number of alkyl halides is 1. The molecule has 0 aliphatic rings. The first-order valence-corrected chi connectivity index (χ1v) is 7.01. The van der Waals surface area contributed by atoms with Crippen molar-refractivity contribution in [2.75, 3.05) is 19.5 Å². The molecule has 0 fully saturated rings. The van der Waals surface area contributed by atoms with Crippen molar-refractivity contribution >= 4 is 11.6 Å². The van der Waals surface area contributed by atoms with Crippen LogP contribution in [0.25, 0.3) is 0 Å². The first-order valence-electron chi connectivity index (χ1n) is 6.47. The minimum Gasteiger partial charge on any atom is -0.496 e. The average molecular weight is 270 g/mol. The summed E-state index contributed by atoms with van der Waals surface area (Å²) in [6, 6.07) is 8.12. The molecule has 0 radical (unpaired) electrons. The topological polar surface area (TPSA) is 21.3 Å². The minimum atomic E-state index is 0.289. The van der Waals surface area contributed by atoms with Gasteiger partial charge < -0.3 is 10.1 Å². The third-order valence-electron chi connectivity index (χ3n) is 3.10. The van der Waals surface area contributed by atoms with Crippen LogP contribution in [0.3, 0.4) is 0 Å². The predicted molar refractivity (Wildman–Crippen MR) is 78.4 cm³/mol. The predicted octanol–water partition coefficient (Wildman–Crippen LogP) is 3.83. The number of ether oxygens (including phenoxy) is 1. The maximum Gasteiger partial charge on any atom is 0.123 e. The summed E-state index contributed by atoms with van der Waals surface area (Å²) in [7, 11) is 1.71. The van der Waals surface area contributed by atoms with E-state index in [1.807, 2.05) is 18.2 Å². The van der Waals surface area contributed by atoms with Crippen LogP contribution in [0, 0.1) is 5.41 Å². The lowest BCUT2D eigenvalue weighted by atomic mass is 9.88. The Kier molecular flexibility index (Phi) is 6.51. The summed E-state index contributed by atoms with van der Waals surface area (Å²) < 4.78 is 5.34. The number of para-hydroxylation sites is 1. The summed E-state index contributed by atoms with van der Waals surface area (Å²) in [5.74, 6) is 1.69. The van der Waals surface area contributed by atoms with Crippen LogP contribution in [-0.4, -0.2) is 19.5 Å². The lowest BCUT2D eigenvalue weighted by Gasteiger charge is -2.25. The lowest BCUT2D eigenvalue weighted by molar-refractivity contribution is 0.310. The molecule has 0 heterocycles. The zero-order valence-corrected chi connectivity index (χ0v) is 12.4. The van der Waals surface area contributed by atoms with Gasteiger partial charge in [0.2, 0.25) is 0 Å². The van der Waals surface area contributed by atoms with E-state index in [0.29, 0.717) is 0 Å². The molecule has 0 atom stereocenters. The van der Waals surface area contributed by atoms with Gasteiger partial charge in [0.15, 0.2) is 0 Å². The summed E-state index contributed by atoms with van der Waals surface area (Å²) >= 11 is 5.74. The van der Waals surface area contributed by atoms with Crippen molar-refractivity contribution in [3.63, 3.8) is 0 Å². The molecule has 0 spiro atoms. The molecule has 1 N–H and O–H groups in total. The molecular formula is C15H24ClNO. The molecular weight excluding hydrogens is 246 g/mol. The molecule has 1 rings (SSSR count). The van der Waals surface area contributed by atoms with Crippen LogP contribution in [0.15, 0.2) is 24.3 Å². The Morgan fingerprint density at radius 3 is 2.67 bits per heavy atom. The van der Waals surface area contributed by atoms with Crippen LogP contribution < -0.4 is 10.1 Å². The fourth-order valence-electron chi connectivity index (χ4n) is 2.02. The number of nitrogens with one attached hydrogen (secondary N) is 1. The molecule has 3 heteroatoms. The second-order valence-corrected chi connectivity index (χ2v) is 5.75. The Balaban J connectivity index is 2.41. The van der Waals surface area contributed by atoms with Crippen LogP contribution in [0.1, 0.15) is 32.3 Å². The van der Waals surface area contributed by atoms with Crippen molar-refractivity contribution in [2.24, 2.45) is 5.41 Å². The second-order valence-electron chi connectivity index (χ2n) is 5.37. The smallest absolute Gasteiger partial charge is 0.123 e. The summed E-state index contributed by atoms with van der Waals surface area (Å²) in [5, 5.41) is 3.50. The van der Waals surface area contributed by atoms with Gasteiger partial charge in [-0.3, -0.25) is 0 Å². The molecule has 1 aromatic rings. The molecule has 0 amide bonds. The Morgan fingerprint density at radius 1 is 1.28 bits per heavy atom. The van der Waals surface area contributed by atoms with Crippen molar-refractivity contribution in [1.82, 2.24) is 5.32 Å². The van der Waals surface area contributed by atoms with E-state index in [0.717, 1.165) is 37.6 Å². The van der Waals surface area contributed by atoms with Crippen LogP contribution in [0.4, 0.5) is 0 Å². The van der Waals surface area contributed by atoms with Crippen molar-refractivity contribution < 1.29 is 4.74 Å². The van der Waals surface area contributed by atoms with Crippen molar-refractivity contribution in [3.8, 4) is 5.75 Å². The van der Waals surface area contributed by atoms with E-state index in [-0.39, 0.29) is 5.41 Å². The fourth-order valence-corrected chi connectivity index (χ4v) is 2.15. The highest BCUT2D eigenvalue weighted by molar-refractivity contribution is 6.17. The number of methoxy groups -OCH3 is 1. The van der Waals surface area contributed by atoms with Crippen molar-refractivity contribution in [1.29, 1.82) is 0 Å². The first-order chi connectivity index (χ1) is 8.59. The van der Waals surface area contributed by atoms with E-state index in [9.17, 15) is 0 Å². The molecule has 0 unspecified atom stereocenters. The van der Waals surface area contributed by atoms with Crippen LogP contribution >= 0.6 is 11.6 Å². The monoisotopic (exact) mass is 269 g/mol. The molecule has 0 aliphatic heterocycles.